The topological polar surface area (TPSA) is 53.3 Å². The van der Waals surface area contributed by atoms with Gasteiger partial charge in [-0.25, -0.2) is 8.78 Å². The number of hydrogen-bond acceptors (Lipinski definition) is 4. The summed E-state index contributed by atoms with van der Waals surface area (Å²) in [7, 11) is 1.58. The van der Waals surface area contributed by atoms with Crippen molar-refractivity contribution < 1.29 is 18.3 Å². The van der Waals surface area contributed by atoms with Crippen molar-refractivity contribution in [3.63, 3.8) is 0 Å². The second kappa shape index (κ2) is 11.1. The van der Waals surface area contributed by atoms with Gasteiger partial charge in [-0.2, -0.15) is 5.26 Å². The zero-order valence-corrected chi connectivity index (χ0v) is 22.3. The molecule has 38 heavy (non-hydrogen) atoms. The highest BCUT2D eigenvalue weighted by atomic mass is 35.5. The molecule has 4 aromatic rings. The van der Waals surface area contributed by atoms with Crippen molar-refractivity contribution in [3.05, 3.63) is 87.3 Å². The smallest absolute Gasteiger partial charge is 0.266 e. The van der Waals surface area contributed by atoms with Crippen LogP contribution in [0.2, 0.25) is 5.02 Å². The number of nitriles is 1. The molecule has 1 heterocycles. The fraction of sp³-hybridized carbons (Fsp3) is 0.267. The predicted molar refractivity (Wildman–Crippen MR) is 147 cm³/mol. The van der Waals surface area contributed by atoms with Gasteiger partial charge in [-0.3, -0.25) is 4.79 Å². The second-order valence-corrected chi connectivity index (χ2v) is 10.8. The van der Waals surface area contributed by atoms with Crippen LogP contribution in [0.1, 0.15) is 52.9 Å². The quantitative estimate of drug-likeness (QED) is 0.242. The molecule has 1 fully saturated rings. The first-order valence-corrected chi connectivity index (χ1v) is 13.6. The number of halogens is 3. The number of amides is 1. The van der Waals surface area contributed by atoms with Gasteiger partial charge in [-0.15, -0.1) is 11.3 Å². The molecule has 0 saturated heterocycles. The van der Waals surface area contributed by atoms with Crippen molar-refractivity contribution in [1.29, 1.82) is 5.26 Å². The molecule has 1 aromatic heterocycles. The maximum absolute atomic E-state index is 14.6. The molecule has 1 saturated carbocycles. The molecule has 8 heteroatoms. The lowest BCUT2D eigenvalue weighted by atomic mass is 9.93. The third kappa shape index (κ3) is 4.99. The maximum Gasteiger partial charge on any atom is 0.266 e. The van der Waals surface area contributed by atoms with E-state index in [1.807, 2.05) is 36.4 Å². The van der Waals surface area contributed by atoms with Crippen LogP contribution in [0, 0.1) is 23.0 Å². The minimum atomic E-state index is -0.653. The highest BCUT2D eigenvalue weighted by Crippen LogP contribution is 2.40. The van der Waals surface area contributed by atoms with Crippen LogP contribution in [0.25, 0.3) is 21.2 Å². The van der Waals surface area contributed by atoms with Gasteiger partial charge in [-0.05, 0) is 60.4 Å². The Kier molecular flexibility index (Phi) is 7.64. The van der Waals surface area contributed by atoms with E-state index >= 15 is 0 Å². The van der Waals surface area contributed by atoms with Gasteiger partial charge in [0.2, 0.25) is 0 Å². The normalized spacial score (nSPS) is 13.9. The number of carbonyl (C=O) groups excluding carboxylic acids is 1. The van der Waals surface area contributed by atoms with Gasteiger partial charge in [0.15, 0.2) is 0 Å². The van der Waals surface area contributed by atoms with E-state index in [1.165, 1.54) is 0 Å². The van der Waals surface area contributed by atoms with E-state index in [9.17, 15) is 18.8 Å². The average molecular weight is 551 g/mol. The van der Waals surface area contributed by atoms with Crippen molar-refractivity contribution >= 4 is 38.9 Å². The van der Waals surface area contributed by atoms with Crippen LogP contribution in [0.15, 0.2) is 54.6 Å². The molecule has 1 amide bonds. The molecule has 0 radical (unpaired) electrons. The lowest BCUT2D eigenvalue weighted by Crippen LogP contribution is -2.40. The van der Waals surface area contributed by atoms with Crippen molar-refractivity contribution in [1.82, 2.24) is 4.90 Å². The molecule has 194 valence electrons. The summed E-state index contributed by atoms with van der Waals surface area (Å²) < 4.78 is 34.8. The number of nitrogens with zero attached hydrogens (tertiary/aromatic N) is 2. The van der Waals surface area contributed by atoms with Gasteiger partial charge < -0.3 is 9.64 Å². The predicted octanol–water partition coefficient (Wildman–Crippen LogP) is 8.36. The molecule has 1 aliphatic carbocycles. The molecule has 0 spiro atoms. The monoisotopic (exact) mass is 550 g/mol. The van der Waals surface area contributed by atoms with Crippen molar-refractivity contribution in [2.75, 3.05) is 7.11 Å². The Hall–Kier alpha value is -3.47. The minimum absolute atomic E-state index is 0.0394. The molecule has 0 bridgehead atoms. The minimum Gasteiger partial charge on any atom is -0.496 e. The molecule has 0 atom stereocenters. The van der Waals surface area contributed by atoms with E-state index < -0.39 is 11.6 Å². The summed E-state index contributed by atoms with van der Waals surface area (Å²) in [6.45, 7) is 0.244. The van der Waals surface area contributed by atoms with E-state index in [0.29, 0.717) is 11.3 Å². The zero-order valence-electron chi connectivity index (χ0n) is 20.8. The number of thiophene rings is 1. The first kappa shape index (κ1) is 26.1. The van der Waals surface area contributed by atoms with Gasteiger partial charge in [-0.1, -0.05) is 49.1 Å². The summed E-state index contributed by atoms with van der Waals surface area (Å²) in [5.74, 6) is -0.982. The van der Waals surface area contributed by atoms with E-state index in [-0.39, 0.29) is 38.5 Å². The fourth-order valence-electron chi connectivity index (χ4n) is 5.16. The van der Waals surface area contributed by atoms with Crippen LogP contribution < -0.4 is 4.74 Å². The second-order valence-electron chi connectivity index (χ2n) is 9.42. The number of hydrogen-bond donors (Lipinski definition) is 0. The third-order valence-corrected chi connectivity index (χ3v) is 8.77. The van der Waals surface area contributed by atoms with Crippen LogP contribution in [0.5, 0.6) is 5.75 Å². The molecule has 0 N–H and O–H groups in total. The Morgan fingerprint density at radius 3 is 2.53 bits per heavy atom. The Labute approximate surface area is 229 Å². The zero-order chi connectivity index (χ0) is 26.8. The average Bonchev–Trinajstić information content (AvgIpc) is 3.32. The van der Waals surface area contributed by atoms with Crippen molar-refractivity contribution in [2.45, 2.75) is 44.7 Å². The lowest BCUT2D eigenvalue weighted by molar-refractivity contribution is 0.0618. The summed E-state index contributed by atoms with van der Waals surface area (Å²) in [6, 6.07) is 17.3. The van der Waals surface area contributed by atoms with E-state index in [2.05, 4.69) is 6.07 Å². The summed E-state index contributed by atoms with van der Waals surface area (Å²) >= 11 is 7.40. The lowest BCUT2D eigenvalue weighted by Gasteiger charge is -2.34. The number of benzene rings is 3. The molecule has 1 aliphatic rings. The number of ether oxygens (including phenoxy) is 1. The van der Waals surface area contributed by atoms with Crippen molar-refractivity contribution in [2.24, 2.45) is 0 Å². The molecule has 4 nitrogen and oxygen atoms in total. The summed E-state index contributed by atoms with van der Waals surface area (Å²) in [5.41, 5.74) is 3.11. The van der Waals surface area contributed by atoms with Crippen LogP contribution in [0.3, 0.4) is 0 Å². The number of rotatable bonds is 6. The molecule has 0 unspecified atom stereocenters. The number of fused-ring (bicyclic) bond motifs is 1. The fourth-order valence-corrected chi connectivity index (χ4v) is 6.66. The summed E-state index contributed by atoms with van der Waals surface area (Å²) in [4.78, 5) is 15.9. The van der Waals surface area contributed by atoms with Gasteiger partial charge >= 0.3 is 0 Å². The van der Waals surface area contributed by atoms with Crippen LogP contribution in [-0.2, 0) is 6.54 Å². The molecular weight excluding hydrogens is 526 g/mol. The van der Waals surface area contributed by atoms with Crippen LogP contribution in [-0.4, -0.2) is 24.0 Å². The molecule has 3 aromatic carbocycles. The Bertz CT molecular complexity index is 1560. The highest BCUT2D eigenvalue weighted by molar-refractivity contribution is 7.21. The molecular formula is C30H25ClF2N2O2S. The van der Waals surface area contributed by atoms with Crippen LogP contribution in [0.4, 0.5) is 8.78 Å². The van der Waals surface area contributed by atoms with E-state index in [0.717, 1.165) is 72.3 Å². The SMILES string of the molecule is COc1ccc(-c2cccc(C#N)c2)cc1CN(C(=O)c1sc2c(F)ccc(F)c2c1Cl)C1CCCCC1. The van der Waals surface area contributed by atoms with Gasteiger partial charge in [0, 0.05) is 18.2 Å². The maximum atomic E-state index is 14.6. The number of methoxy groups -OCH3 is 1. The molecule has 5 rings (SSSR count). The third-order valence-electron chi connectivity index (χ3n) is 7.10. The first-order valence-electron chi connectivity index (χ1n) is 12.5. The summed E-state index contributed by atoms with van der Waals surface area (Å²) in [6.07, 6.45) is 4.77. The number of carbonyl (C=O) groups is 1. The van der Waals surface area contributed by atoms with E-state index in [4.69, 9.17) is 16.3 Å². The first-order chi connectivity index (χ1) is 18.4. The Morgan fingerprint density at radius 1 is 1.08 bits per heavy atom. The van der Waals surface area contributed by atoms with E-state index in [1.54, 1.807) is 18.1 Å². The largest absolute Gasteiger partial charge is 0.496 e. The highest BCUT2D eigenvalue weighted by Gasteiger charge is 2.31. The Balaban J connectivity index is 1.57. The van der Waals surface area contributed by atoms with Gasteiger partial charge in [0.1, 0.15) is 22.3 Å². The van der Waals surface area contributed by atoms with Gasteiger partial charge in [0.05, 0.1) is 33.9 Å². The summed E-state index contributed by atoms with van der Waals surface area (Å²) in [5, 5.41) is 9.21. The van der Waals surface area contributed by atoms with Crippen LogP contribution >= 0.6 is 22.9 Å². The molecule has 0 aliphatic heterocycles. The Morgan fingerprint density at radius 2 is 1.82 bits per heavy atom. The standard InChI is InChI=1S/C30H25ClF2N2O2S/c1-37-25-13-10-20(19-7-5-6-18(14-19)16-34)15-21(25)17-35(22-8-3-2-4-9-22)30(36)29-27(31)26-23(32)11-12-24(33)28(26)38-29/h5-7,10-15,22H,2-4,8-9,17H2,1H3. The van der Waals surface area contributed by atoms with Crippen molar-refractivity contribution in [3.8, 4) is 22.9 Å². The van der Waals surface area contributed by atoms with Gasteiger partial charge in [0.25, 0.3) is 5.91 Å².